The molecule has 1 aliphatic heterocycles. The first kappa shape index (κ1) is 17.9. The van der Waals surface area contributed by atoms with Crippen LogP contribution in [0.3, 0.4) is 0 Å². The van der Waals surface area contributed by atoms with E-state index in [0.29, 0.717) is 30.4 Å². The highest BCUT2D eigenvalue weighted by atomic mass is 16.5. The van der Waals surface area contributed by atoms with Gasteiger partial charge >= 0.3 is 0 Å². The van der Waals surface area contributed by atoms with E-state index in [-0.39, 0.29) is 24.8 Å². The van der Waals surface area contributed by atoms with Crippen LogP contribution in [-0.2, 0) is 27.4 Å². The smallest absolute Gasteiger partial charge is 0.228 e. The van der Waals surface area contributed by atoms with E-state index in [9.17, 15) is 9.59 Å². The van der Waals surface area contributed by atoms with Gasteiger partial charge in [0.05, 0.1) is 26.2 Å². The molecular weight excluding hydrogens is 338 g/mol. The Morgan fingerprint density at radius 1 is 1.42 bits per heavy atom. The second-order valence-corrected chi connectivity index (χ2v) is 5.91. The Morgan fingerprint density at radius 3 is 3.04 bits per heavy atom. The highest BCUT2D eigenvalue weighted by Gasteiger charge is 2.31. The maximum atomic E-state index is 12.7. The van der Waals surface area contributed by atoms with Crippen LogP contribution in [0.2, 0.25) is 0 Å². The Balaban J connectivity index is 1.72. The topological polar surface area (TPSA) is 107 Å². The van der Waals surface area contributed by atoms with Gasteiger partial charge in [-0.2, -0.15) is 0 Å². The lowest BCUT2D eigenvalue weighted by Gasteiger charge is -2.25. The summed E-state index contributed by atoms with van der Waals surface area (Å²) in [5.41, 5.74) is 1.37. The van der Waals surface area contributed by atoms with Gasteiger partial charge in [0.15, 0.2) is 5.82 Å². The molecule has 0 saturated carbocycles. The van der Waals surface area contributed by atoms with E-state index in [1.807, 2.05) is 4.57 Å². The molecule has 1 aromatic carbocycles. The number of carbonyl (C=O) groups is 2. The highest BCUT2D eigenvalue weighted by molar-refractivity contribution is 6.01. The highest BCUT2D eigenvalue weighted by Crippen LogP contribution is 2.35. The van der Waals surface area contributed by atoms with Crippen LogP contribution in [0, 0.1) is 0 Å². The lowest BCUT2D eigenvalue weighted by atomic mass is 9.89. The first-order valence-electron chi connectivity index (χ1n) is 8.23. The number of carbonyl (C=O) groups excluding carboxylic acids is 2. The van der Waals surface area contributed by atoms with Crippen LogP contribution in [0.1, 0.15) is 23.7 Å². The van der Waals surface area contributed by atoms with E-state index in [4.69, 9.17) is 9.47 Å². The van der Waals surface area contributed by atoms with Crippen LogP contribution in [-0.4, -0.2) is 47.4 Å². The molecule has 0 radical (unpaired) electrons. The van der Waals surface area contributed by atoms with Crippen molar-refractivity contribution < 1.29 is 19.1 Å². The van der Waals surface area contributed by atoms with Crippen molar-refractivity contribution in [2.24, 2.45) is 0 Å². The third-order valence-electron chi connectivity index (χ3n) is 4.27. The Morgan fingerprint density at radius 2 is 2.27 bits per heavy atom. The Bertz CT molecular complexity index is 804. The first-order valence-corrected chi connectivity index (χ1v) is 8.23. The number of anilines is 1. The van der Waals surface area contributed by atoms with Crippen molar-refractivity contribution >= 4 is 17.5 Å². The third-order valence-corrected chi connectivity index (χ3v) is 4.27. The molecule has 26 heavy (non-hydrogen) atoms. The molecule has 1 atom stereocenters. The van der Waals surface area contributed by atoms with Crippen molar-refractivity contribution in [2.75, 3.05) is 26.1 Å². The minimum absolute atomic E-state index is 0.0857. The van der Waals surface area contributed by atoms with Gasteiger partial charge in [-0.25, -0.2) is 0 Å². The van der Waals surface area contributed by atoms with Crippen molar-refractivity contribution in [3.8, 4) is 5.75 Å². The molecule has 3 rings (SSSR count). The number of hydrogen-bond acceptors (Lipinski definition) is 6. The lowest BCUT2D eigenvalue weighted by molar-refractivity contribution is -0.126. The SMILES string of the molecule is COCCn1cnnc1CNC(=O)[C@H]1CC(=O)Nc2ccc(OC)cc21. The number of rotatable bonds is 7. The third kappa shape index (κ3) is 3.83. The minimum Gasteiger partial charge on any atom is -0.497 e. The van der Waals surface area contributed by atoms with Crippen LogP contribution < -0.4 is 15.4 Å². The molecule has 0 spiro atoms. The summed E-state index contributed by atoms with van der Waals surface area (Å²) in [6, 6.07) is 5.27. The summed E-state index contributed by atoms with van der Waals surface area (Å²) in [7, 11) is 3.18. The second-order valence-electron chi connectivity index (χ2n) is 5.91. The molecule has 0 aliphatic carbocycles. The molecule has 1 aromatic heterocycles. The van der Waals surface area contributed by atoms with E-state index in [2.05, 4.69) is 20.8 Å². The minimum atomic E-state index is -0.579. The normalized spacial score (nSPS) is 15.9. The van der Waals surface area contributed by atoms with Gasteiger partial charge in [-0.15, -0.1) is 10.2 Å². The monoisotopic (exact) mass is 359 g/mol. The zero-order valence-electron chi connectivity index (χ0n) is 14.7. The number of fused-ring (bicyclic) bond motifs is 1. The molecule has 9 nitrogen and oxygen atoms in total. The van der Waals surface area contributed by atoms with Gasteiger partial charge in [0.25, 0.3) is 0 Å². The number of hydrogen-bond donors (Lipinski definition) is 2. The number of amides is 2. The van der Waals surface area contributed by atoms with Crippen LogP contribution in [0.5, 0.6) is 5.75 Å². The predicted molar refractivity (Wildman–Crippen MR) is 92.7 cm³/mol. The van der Waals surface area contributed by atoms with E-state index in [1.54, 1.807) is 38.7 Å². The van der Waals surface area contributed by atoms with Gasteiger partial charge in [-0.3, -0.25) is 9.59 Å². The maximum Gasteiger partial charge on any atom is 0.228 e. The van der Waals surface area contributed by atoms with Crippen molar-refractivity contribution in [3.63, 3.8) is 0 Å². The van der Waals surface area contributed by atoms with E-state index in [1.165, 1.54) is 0 Å². The number of ether oxygens (including phenoxy) is 2. The molecule has 0 bridgehead atoms. The fraction of sp³-hybridized carbons (Fsp3) is 0.412. The summed E-state index contributed by atoms with van der Waals surface area (Å²) < 4.78 is 12.1. The Labute approximate surface area is 150 Å². The molecule has 2 amide bonds. The predicted octanol–water partition coefficient (Wildman–Crippen LogP) is 0.675. The summed E-state index contributed by atoms with van der Waals surface area (Å²) >= 11 is 0. The van der Waals surface area contributed by atoms with Gasteiger partial charge < -0.3 is 24.7 Å². The fourth-order valence-electron chi connectivity index (χ4n) is 2.88. The molecule has 2 aromatic rings. The molecule has 2 N–H and O–H groups in total. The Hall–Kier alpha value is -2.94. The van der Waals surface area contributed by atoms with Crippen molar-refractivity contribution in [1.82, 2.24) is 20.1 Å². The van der Waals surface area contributed by atoms with Crippen LogP contribution in [0.25, 0.3) is 0 Å². The lowest BCUT2D eigenvalue weighted by Crippen LogP contribution is -2.35. The van der Waals surface area contributed by atoms with Gasteiger partial charge in [-0.05, 0) is 23.8 Å². The maximum absolute atomic E-state index is 12.7. The van der Waals surface area contributed by atoms with Crippen molar-refractivity contribution in [1.29, 1.82) is 0 Å². The molecule has 9 heteroatoms. The quantitative estimate of drug-likeness (QED) is 0.753. The van der Waals surface area contributed by atoms with Gasteiger partial charge in [0, 0.05) is 25.8 Å². The second kappa shape index (κ2) is 7.96. The van der Waals surface area contributed by atoms with Crippen LogP contribution >= 0.6 is 0 Å². The standard InChI is InChI=1S/C17H21N5O4/c1-25-6-5-22-10-19-21-15(22)9-18-17(24)13-8-16(23)20-14-4-3-11(26-2)7-12(13)14/h3-4,7,10,13H,5-6,8-9H2,1-2H3,(H,18,24)(H,20,23)/t13-/m0/s1. The van der Waals surface area contributed by atoms with E-state index in [0.717, 1.165) is 5.56 Å². The molecule has 0 fully saturated rings. The average Bonchev–Trinajstić information content (AvgIpc) is 3.10. The summed E-state index contributed by atoms with van der Waals surface area (Å²) in [5.74, 6) is 0.254. The first-order chi connectivity index (χ1) is 12.6. The van der Waals surface area contributed by atoms with E-state index >= 15 is 0 Å². The summed E-state index contributed by atoms with van der Waals surface area (Å²) in [6.45, 7) is 1.34. The van der Waals surface area contributed by atoms with Crippen LogP contribution in [0.15, 0.2) is 24.5 Å². The van der Waals surface area contributed by atoms with Crippen LogP contribution in [0.4, 0.5) is 5.69 Å². The molecule has 1 aliphatic rings. The van der Waals surface area contributed by atoms with Crippen molar-refractivity contribution in [2.45, 2.75) is 25.4 Å². The van der Waals surface area contributed by atoms with Gasteiger partial charge in [-0.1, -0.05) is 0 Å². The van der Waals surface area contributed by atoms with Gasteiger partial charge in [0.1, 0.15) is 12.1 Å². The summed E-state index contributed by atoms with van der Waals surface area (Å²) in [6.07, 6.45) is 1.68. The number of aromatic nitrogens is 3. The number of benzene rings is 1. The van der Waals surface area contributed by atoms with E-state index < -0.39 is 5.92 Å². The summed E-state index contributed by atoms with van der Waals surface area (Å²) in [5, 5.41) is 13.5. The number of nitrogens with one attached hydrogen (secondary N) is 2. The molecule has 0 unspecified atom stereocenters. The molecular formula is C17H21N5O4. The zero-order chi connectivity index (χ0) is 18.5. The molecule has 2 heterocycles. The van der Waals surface area contributed by atoms with Gasteiger partial charge in [0.2, 0.25) is 11.8 Å². The summed E-state index contributed by atoms with van der Waals surface area (Å²) in [4.78, 5) is 24.7. The zero-order valence-corrected chi connectivity index (χ0v) is 14.7. The average molecular weight is 359 g/mol. The number of nitrogens with zero attached hydrogens (tertiary/aromatic N) is 3. The Kier molecular flexibility index (Phi) is 5.47. The molecule has 138 valence electrons. The van der Waals surface area contributed by atoms with Crippen molar-refractivity contribution in [3.05, 3.63) is 35.9 Å². The largest absolute Gasteiger partial charge is 0.497 e. The molecule has 0 saturated heterocycles. The fourth-order valence-corrected chi connectivity index (χ4v) is 2.88. The number of methoxy groups -OCH3 is 2.